The Bertz CT molecular complexity index is 720. The van der Waals surface area contributed by atoms with Crippen molar-refractivity contribution in [2.24, 2.45) is 0 Å². The van der Waals surface area contributed by atoms with Crippen molar-refractivity contribution < 1.29 is 27.6 Å². The Labute approximate surface area is 145 Å². The van der Waals surface area contributed by atoms with E-state index in [1.165, 1.54) is 12.1 Å². The summed E-state index contributed by atoms with van der Waals surface area (Å²) in [4.78, 5) is 0. The standard InChI is InChI=1S/C17H19BF3NO3/c1-15(2)16(3,4)25-18(24-15)14(10-23)8-11-5-12(9-22)7-13(6-11)17(19,20)21/h5-8,23H,10H2,1-4H3. The van der Waals surface area contributed by atoms with Gasteiger partial charge in [-0.05, 0) is 56.9 Å². The maximum atomic E-state index is 13.0. The number of alkyl halides is 3. The number of aliphatic hydroxyl groups excluding tert-OH is 1. The first-order valence-corrected chi connectivity index (χ1v) is 7.69. The molecule has 1 saturated heterocycles. The van der Waals surface area contributed by atoms with Gasteiger partial charge in [-0.1, -0.05) is 6.08 Å². The molecule has 1 aromatic rings. The molecule has 134 valence electrons. The monoisotopic (exact) mass is 353 g/mol. The molecule has 4 nitrogen and oxygen atoms in total. The molecule has 1 heterocycles. The minimum absolute atomic E-state index is 0.118. The van der Waals surface area contributed by atoms with Crippen LogP contribution in [0.5, 0.6) is 0 Å². The second kappa shape index (κ2) is 6.48. The summed E-state index contributed by atoms with van der Waals surface area (Å²) in [6.07, 6.45) is -3.21. The second-order valence-electron chi connectivity index (χ2n) is 6.92. The van der Waals surface area contributed by atoms with Crippen LogP contribution in [0.15, 0.2) is 23.7 Å². The quantitative estimate of drug-likeness (QED) is 0.844. The normalized spacial score (nSPS) is 19.8. The molecule has 1 N–H and O–H groups in total. The Balaban J connectivity index is 2.43. The third-order valence-electron chi connectivity index (χ3n) is 4.50. The van der Waals surface area contributed by atoms with Gasteiger partial charge in [-0.3, -0.25) is 0 Å². The van der Waals surface area contributed by atoms with Crippen LogP contribution in [-0.2, 0) is 15.5 Å². The summed E-state index contributed by atoms with van der Waals surface area (Å²) in [6.45, 7) is 6.88. The minimum Gasteiger partial charge on any atom is -0.400 e. The van der Waals surface area contributed by atoms with Gasteiger partial charge in [-0.2, -0.15) is 18.4 Å². The minimum atomic E-state index is -4.57. The smallest absolute Gasteiger partial charge is 0.400 e. The van der Waals surface area contributed by atoms with Crippen molar-refractivity contribution >= 4 is 13.2 Å². The molecular formula is C17H19BF3NO3. The van der Waals surface area contributed by atoms with Gasteiger partial charge in [0.1, 0.15) is 0 Å². The van der Waals surface area contributed by atoms with Crippen molar-refractivity contribution in [1.82, 2.24) is 0 Å². The van der Waals surface area contributed by atoms with Crippen molar-refractivity contribution in [3.63, 3.8) is 0 Å². The molecule has 0 aromatic heterocycles. The highest BCUT2D eigenvalue weighted by atomic mass is 19.4. The zero-order valence-electron chi connectivity index (χ0n) is 14.4. The highest BCUT2D eigenvalue weighted by Crippen LogP contribution is 2.39. The Kier molecular flexibility index (Phi) is 5.06. The van der Waals surface area contributed by atoms with Crippen LogP contribution < -0.4 is 0 Å². The van der Waals surface area contributed by atoms with E-state index in [2.05, 4.69) is 0 Å². The van der Waals surface area contributed by atoms with Crippen LogP contribution in [0.2, 0.25) is 0 Å². The molecule has 8 heteroatoms. The van der Waals surface area contributed by atoms with Crippen LogP contribution in [-0.4, -0.2) is 30.0 Å². The maximum Gasteiger partial charge on any atom is 0.492 e. The van der Waals surface area contributed by atoms with E-state index in [-0.39, 0.29) is 16.6 Å². The van der Waals surface area contributed by atoms with Crippen LogP contribution in [0, 0.1) is 11.3 Å². The van der Waals surface area contributed by atoms with E-state index in [0.717, 1.165) is 12.1 Å². The predicted molar refractivity (Wildman–Crippen MR) is 87.3 cm³/mol. The van der Waals surface area contributed by atoms with E-state index >= 15 is 0 Å². The Morgan fingerprint density at radius 1 is 1.20 bits per heavy atom. The van der Waals surface area contributed by atoms with E-state index in [0.29, 0.717) is 0 Å². The van der Waals surface area contributed by atoms with E-state index in [4.69, 9.17) is 14.6 Å². The predicted octanol–water partition coefficient (Wildman–Crippen LogP) is 3.58. The van der Waals surface area contributed by atoms with Gasteiger partial charge in [0.2, 0.25) is 0 Å². The molecule has 1 aliphatic heterocycles. The lowest BCUT2D eigenvalue weighted by atomic mass is 9.77. The van der Waals surface area contributed by atoms with Gasteiger partial charge in [0.15, 0.2) is 0 Å². The molecular weight excluding hydrogens is 334 g/mol. The van der Waals surface area contributed by atoms with Crippen LogP contribution in [0.3, 0.4) is 0 Å². The largest absolute Gasteiger partial charge is 0.492 e. The fourth-order valence-corrected chi connectivity index (χ4v) is 2.36. The topological polar surface area (TPSA) is 62.5 Å². The average molecular weight is 353 g/mol. The van der Waals surface area contributed by atoms with Gasteiger partial charge in [0.05, 0.1) is 35.0 Å². The van der Waals surface area contributed by atoms with Gasteiger partial charge in [-0.25, -0.2) is 0 Å². The van der Waals surface area contributed by atoms with Crippen LogP contribution >= 0.6 is 0 Å². The maximum absolute atomic E-state index is 13.0. The van der Waals surface area contributed by atoms with Crippen molar-refractivity contribution in [2.45, 2.75) is 45.1 Å². The molecule has 0 spiro atoms. The van der Waals surface area contributed by atoms with Gasteiger partial charge in [0, 0.05) is 0 Å². The van der Waals surface area contributed by atoms with Gasteiger partial charge >= 0.3 is 13.3 Å². The van der Waals surface area contributed by atoms with Crippen LogP contribution in [0.25, 0.3) is 6.08 Å². The Morgan fingerprint density at radius 3 is 2.20 bits per heavy atom. The van der Waals surface area contributed by atoms with E-state index in [1.807, 2.05) is 27.7 Å². The number of nitrogens with zero attached hydrogens (tertiary/aromatic N) is 1. The lowest BCUT2D eigenvalue weighted by Gasteiger charge is -2.32. The number of rotatable bonds is 3. The zero-order chi connectivity index (χ0) is 19.0. The number of hydrogen-bond donors (Lipinski definition) is 1. The number of halogens is 3. The fraction of sp³-hybridized carbons (Fsp3) is 0.471. The number of hydrogen-bond acceptors (Lipinski definition) is 4. The molecule has 25 heavy (non-hydrogen) atoms. The van der Waals surface area contributed by atoms with Gasteiger partial charge in [0.25, 0.3) is 0 Å². The molecule has 1 aromatic carbocycles. The summed E-state index contributed by atoms with van der Waals surface area (Å²) in [5.74, 6) is 0. The molecule has 0 saturated carbocycles. The molecule has 0 atom stereocenters. The van der Waals surface area contributed by atoms with E-state index in [1.54, 1.807) is 6.07 Å². The lowest BCUT2D eigenvalue weighted by Crippen LogP contribution is -2.41. The Morgan fingerprint density at radius 2 is 1.76 bits per heavy atom. The molecule has 0 amide bonds. The number of nitriles is 1. The van der Waals surface area contributed by atoms with E-state index < -0.39 is 36.7 Å². The van der Waals surface area contributed by atoms with Crippen molar-refractivity contribution in [3.05, 3.63) is 40.4 Å². The molecule has 0 radical (unpaired) electrons. The van der Waals surface area contributed by atoms with Crippen molar-refractivity contribution in [2.75, 3.05) is 6.61 Å². The third-order valence-corrected chi connectivity index (χ3v) is 4.50. The second-order valence-corrected chi connectivity index (χ2v) is 6.92. The summed E-state index contributed by atoms with van der Waals surface area (Å²) < 4.78 is 50.5. The van der Waals surface area contributed by atoms with Gasteiger partial charge < -0.3 is 14.4 Å². The number of benzene rings is 1. The summed E-state index contributed by atoms with van der Waals surface area (Å²) in [5, 5.41) is 18.6. The molecule has 1 fully saturated rings. The molecule has 0 bridgehead atoms. The first kappa shape index (κ1) is 19.5. The Hall–Kier alpha value is -1.82. The highest BCUT2D eigenvalue weighted by molar-refractivity contribution is 6.55. The van der Waals surface area contributed by atoms with Crippen LogP contribution in [0.1, 0.15) is 44.4 Å². The number of aliphatic hydroxyl groups is 1. The first-order valence-electron chi connectivity index (χ1n) is 7.69. The van der Waals surface area contributed by atoms with Crippen molar-refractivity contribution in [3.8, 4) is 6.07 Å². The summed E-state index contributed by atoms with van der Waals surface area (Å²) in [5.41, 5.74) is -1.90. The molecule has 0 unspecified atom stereocenters. The fourth-order valence-electron chi connectivity index (χ4n) is 2.36. The summed E-state index contributed by atoms with van der Waals surface area (Å²) in [6, 6.07) is 4.73. The zero-order valence-corrected chi connectivity index (χ0v) is 14.4. The molecule has 2 rings (SSSR count). The van der Waals surface area contributed by atoms with Crippen molar-refractivity contribution in [1.29, 1.82) is 5.26 Å². The average Bonchev–Trinajstić information content (AvgIpc) is 2.71. The summed E-state index contributed by atoms with van der Waals surface area (Å²) >= 11 is 0. The first-order chi connectivity index (χ1) is 11.4. The molecule has 1 aliphatic rings. The van der Waals surface area contributed by atoms with E-state index in [9.17, 15) is 18.3 Å². The third kappa shape index (κ3) is 4.06. The lowest BCUT2D eigenvalue weighted by molar-refractivity contribution is -0.137. The van der Waals surface area contributed by atoms with Gasteiger partial charge in [-0.15, -0.1) is 0 Å². The SMILES string of the molecule is CC1(C)OB(C(=Cc2cc(C#N)cc(C(F)(F)F)c2)CO)OC1(C)C. The highest BCUT2D eigenvalue weighted by Gasteiger charge is 2.52. The summed E-state index contributed by atoms with van der Waals surface area (Å²) in [7, 11) is -0.880. The molecule has 0 aliphatic carbocycles. The van der Waals surface area contributed by atoms with Crippen LogP contribution in [0.4, 0.5) is 13.2 Å².